The van der Waals surface area contributed by atoms with Gasteiger partial charge < -0.3 is 4.74 Å². The van der Waals surface area contributed by atoms with Gasteiger partial charge >= 0.3 is 0 Å². The molecule has 1 aromatic carbocycles. The molecule has 0 amide bonds. The first-order valence-electron chi connectivity index (χ1n) is 16.5. The number of halogens is 1. The Hall–Kier alpha value is -0.530. The van der Waals surface area contributed by atoms with Crippen LogP contribution in [0, 0.1) is 0 Å². The van der Waals surface area contributed by atoms with E-state index < -0.39 is 0 Å². The SMILES string of the molecule is CCCCCCCCCCCCCCOCCCCCCCCCCCCCC.ClCc1ccccc1. The summed E-state index contributed by atoms with van der Waals surface area (Å²) in [7, 11) is 0. The normalized spacial score (nSPS) is 10.9. The van der Waals surface area contributed by atoms with Crippen LogP contribution in [-0.2, 0) is 10.6 Å². The van der Waals surface area contributed by atoms with Crippen LogP contribution in [0.5, 0.6) is 0 Å². The molecule has 1 aromatic rings. The third-order valence-corrected chi connectivity index (χ3v) is 7.59. The third-order valence-electron chi connectivity index (χ3n) is 7.28. The number of alkyl halides is 1. The van der Waals surface area contributed by atoms with Crippen LogP contribution in [0.2, 0.25) is 0 Å². The van der Waals surface area contributed by atoms with E-state index in [1.54, 1.807) is 0 Å². The van der Waals surface area contributed by atoms with Gasteiger partial charge in [0.25, 0.3) is 0 Å². The summed E-state index contributed by atoms with van der Waals surface area (Å²) >= 11 is 5.53. The lowest BCUT2D eigenvalue weighted by Crippen LogP contribution is -1.97. The van der Waals surface area contributed by atoms with E-state index in [0.717, 1.165) is 13.2 Å². The molecule has 0 heterocycles. The minimum Gasteiger partial charge on any atom is -0.381 e. The fourth-order valence-electron chi connectivity index (χ4n) is 4.76. The Morgan fingerprint density at radius 1 is 0.432 bits per heavy atom. The summed E-state index contributed by atoms with van der Waals surface area (Å²) < 4.78 is 5.82. The molecular weight excluding hydrogens is 472 g/mol. The zero-order valence-corrected chi connectivity index (χ0v) is 26.0. The van der Waals surface area contributed by atoms with Crippen LogP contribution in [0.3, 0.4) is 0 Å². The van der Waals surface area contributed by atoms with Gasteiger partial charge in [0, 0.05) is 19.1 Å². The summed E-state index contributed by atoms with van der Waals surface area (Å²) in [5, 5.41) is 0. The van der Waals surface area contributed by atoms with Gasteiger partial charge in [0.1, 0.15) is 0 Å². The Labute approximate surface area is 238 Å². The minimum atomic E-state index is 0.612. The number of unbranched alkanes of at least 4 members (excludes halogenated alkanes) is 22. The predicted octanol–water partition coefficient (Wildman–Crippen LogP) is 12.8. The largest absolute Gasteiger partial charge is 0.381 e. The highest BCUT2D eigenvalue weighted by molar-refractivity contribution is 6.17. The summed E-state index contributed by atoms with van der Waals surface area (Å²) in [4.78, 5) is 0. The standard InChI is InChI=1S/C28H58O.C7H7Cl/c1-3-5-7-9-11-13-15-17-19-21-23-25-27-29-28-26-24-22-20-18-16-14-12-10-8-6-4-2;8-6-7-4-2-1-3-5-7/h3-28H2,1-2H3;1-5H,6H2. The fourth-order valence-corrected chi connectivity index (χ4v) is 4.94. The fraction of sp³-hybridized carbons (Fsp3) is 0.829. The molecule has 0 saturated heterocycles. The molecule has 0 aromatic heterocycles. The van der Waals surface area contributed by atoms with Gasteiger partial charge in [-0.1, -0.05) is 185 Å². The van der Waals surface area contributed by atoms with Gasteiger partial charge in [-0.2, -0.15) is 0 Å². The van der Waals surface area contributed by atoms with Crippen molar-refractivity contribution >= 4 is 11.6 Å². The smallest absolute Gasteiger partial charge is 0.0474 e. The van der Waals surface area contributed by atoms with Crippen molar-refractivity contribution in [2.24, 2.45) is 0 Å². The maximum Gasteiger partial charge on any atom is 0.0474 e. The molecule has 1 nitrogen and oxygen atoms in total. The summed E-state index contributed by atoms with van der Waals surface area (Å²) in [5.74, 6) is 0.612. The van der Waals surface area contributed by atoms with Crippen molar-refractivity contribution in [3.8, 4) is 0 Å². The molecule has 0 aliphatic heterocycles. The maximum absolute atomic E-state index is 5.82. The van der Waals surface area contributed by atoms with E-state index in [4.69, 9.17) is 16.3 Å². The molecule has 0 N–H and O–H groups in total. The zero-order valence-electron chi connectivity index (χ0n) is 25.3. The zero-order chi connectivity index (χ0) is 26.9. The number of benzene rings is 1. The molecule has 0 bridgehead atoms. The highest BCUT2D eigenvalue weighted by atomic mass is 35.5. The molecule has 218 valence electrons. The highest BCUT2D eigenvalue weighted by Gasteiger charge is 1.96. The second-order valence-electron chi connectivity index (χ2n) is 11.0. The Bertz CT molecular complexity index is 477. The van der Waals surface area contributed by atoms with Crippen LogP contribution in [0.25, 0.3) is 0 Å². The topological polar surface area (TPSA) is 9.23 Å². The monoisotopic (exact) mass is 536 g/mol. The second-order valence-corrected chi connectivity index (χ2v) is 11.3. The average Bonchev–Trinajstić information content (AvgIpc) is 2.94. The van der Waals surface area contributed by atoms with Gasteiger partial charge in [-0.25, -0.2) is 0 Å². The first kappa shape index (κ1) is 36.5. The van der Waals surface area contributed by atoms with Crippen molar-refractivity contribution in [1.29, 1.82) is 0 Å². The van der Waals surface area contributed by atoms with E-state index in [1.165, 1.54) is 160 Å². The Kier molecular flexibility index (Phi) is 33.0. The molecule has 0 saturated carbocycles. The van der Waals surface area contributed by atoms with Crippen molar-refractivity contribution < 1.29 is 4.74 Å². The van der Waals surface area contributed by atoms with Gasteiger partial charge in [-0.15, -0.1) is 11.6 Å². The Balaban J connectivity index is 0.00000136. The van der Waals surface area contributed by atoms with E-state index in [1.807, 2.05) is 30.3 Å². The van der Waals surface area contributed by atoms with Crippen LogP contribution in [0.1, 0.15) is 174 Å². The van der Waals surface area contributed by atoms with Crippen LogP contribution < -0.4 is 0 Å². The quantitative estimate of drug-likeness (QED) is 0.0801. The number of ether oxygens (including phenoxy) is 1. The van der Waals surface area contributed by atoms with Crippen LogP contribution in [0.15, 0.2) is 30.3 Å². The molecule has 0 atom stereocenters. The van der Waals surface area contributed by atoms with Gasteiger partial charge in [0.05, 0.1) is 0 Å². The van der Waals surface area contributed by atoms with E-state index in [-0.39, 0.29) is 0 Å². The molecule has 0 aliphatic carbocycles. The molecule has 0 fully saturated rings. The van der Waals surface area contributed by atoms with E-state index in [2.05, 4.69) is 13.8 Å². The minimum absolute atomic E-state index is 0.612. The van der Waals surface area contributed by atoms with Gasteiger partial charge in [0.15, 0.2) is 0 Å². The van der Waals surface area contributed by atoms with Crippen molar-refractivity contribution in [2.75, 3.05) is 13.2 Å². The van der Waals surface area contributed by atoms with Crippen LogP contribution in [0.4, 0.5) is 0 Å². The summed E-state index contributed by atoms with van der Waals surface area (Å²) in [6, 6.07) is 9.96. The van der Waals surface area contributed by atoms with Crippen LogP contribution >= 0.6 is 11.6 Å². The molecular formula is C35H65ClO. The summed E-state index contributed by atoms with van der Waals surface area (Å²) in [6.07, 6.45) is 34.1. The van der Waals surface area contributed by atoms with Crippen LogP contribution in [-0.4, -0.2) is 13.2 Å². The first-order chi connectivity index (χ1) is 18.3. The maximum atomic E-state index is 5.82. The Morgan fingerprint density at radius 3 is 1.00 bits per heavy atom. The summed E-state index contributed by atoms with van der Waals surface area (Å²) in [6.45, 7) is 6.58. The molecule has 0 aliphatic rings. The van der Waals surface area contributed by atoms with Gasteiger partial charge in [-0.05, 0) is 18.4 Å². The van der Waals surface area contributed by atoms with Crippen molar-refractivity contribution in [1.82, 2.24) is 0 Å². The lowest BCUT2D eigenvalue weighted by atomic mass is 10.1. The number of hydrogen-bond acceptors (Lipinski definition) is 1. The molecule has 37 heavy (non-hydrogen) atoms. The number of hydrogen-bond donors (Lipinski definition) is 0. The van der Waals surface area contributed by atoms with Gasteiger partial charge in [0.2, 0.25) is 0 Å². The van der Waals surface area contributed by atoms with Crippen molar-refractivity contribution in [3.05, 3.63) is 35.9 Å². The lowest BCUT2D eigenvalue weighted by molar-refractivity contribution is 0.125. The van der Waals surface area contributed by atoms with Crippen molar-refractivity contribution in [2.45, 2.75) is 174 Å². The first-order valence-corrected chi connectivity index (χ1v) is 17.1. The second kappa shape index (κ2) is 33.5. The molecule has 0 unspecified atom stereocenters. The molecule has 1 rings (SSSR count). The van der Waals surface area contributed by atoms with E-state index in [0.29, 0.717) is 5.88 Å². The number of rotatable bonds is 27. The molecule has 0 radical (unpaired) electrons. The predicted molar refractivity (Wildman–Crippen MR) is 169 cm³/mol. The molecule has 0 spiro atoms. The van der Waals surface area contributed by atoms with E-state index in [9.17, 15) is 0 Å². The Morgan fingerprint density at radius 2 is 0.730 bits per heavy atom. The summed E-state index contributed by atoms with van der Waals surface area (Å²) in [5.41, 5.74) is 1.18. The lowest BCUT2D eigenvalue weighted by Gasteiger charge is -2.05. The highest BCUT2D eigenvalue weighted by Crippen LogP contribution is 2.13. The average molecular weight is 537 g/mol. The molecule has 2 heteroatoms. The van der Waals surface area contributed by atoms with Crippen molar-refractivity contribution in [3.63, 3.8) is 0 Å². The third kappa shape index (κ3) is 31.6. The van der Waals surface area contributed by atoms with E-state index >= 15 is 0 Å². The van der Waals surface area contributed by atoms with Gasteiger partial charge in [-0.3, -0.25) is 0 Å².